The Morgan fingerprint density at radius 3 is 2.58 bits per heavy atom. The number of sulfonamides is 1. The number of hydrogen-bond donors (Lipinski definition) is 2. The summed E-state index contributed by atoms with van der Waals surface area (Å²) in [4.78, 5) is 23.9. The van der Waals surface area contributed by atoms with Crippen LogP contribution in [0.3, 0.4) is 0 Å². The third kappa shape index (κ3) is 4.12. The van der Waals surface area contributed by atoms with Crippen LogP contribution in [-0.2, 0) is 14.8 Å². The molecule has 7 nitrogen and oxygen atoms in total. The Hall–Kier alpha value is -2.23. The Balaban J connectivity index is 1.82. The SMILES string of the molecule is O=C1CN(S(=O)(=O)c2cccc(C(=O)Nc3ccc(Br)cc3)c2)CCN1. The molecule has 1 aliphatic rings. The van der Waals surface area contributed by atoms with Gasteiger partial charge in [-0.05, 0) is 42.5 Å². The van der Waals surface area contributed by atoms with E-state index in [0.717, 1.165) is 8.78 Å². The molecule has 1 aliphatic heterocycles. The van der Waals surface area contributed by atoms with Gasteiger partial charge < -0.3 is 10.6 Å². The molecule has 2 aromatic carbocycles. The summed E-state index contributed by atoms with van der Waals surface area (Å²) in [5.41, 5.74) is 0.814. The van der Waals surface area contributed by atoms with Crippen molar-refractivity contribution in [3.63, 3.8) is 0 Å². The molecule has 1 fully saturated rings. The number of amides is 2. The van der Waals surface area contributed by atoms with Gasteiger partial charge in [-0.25, -0.2) is 8.42 Å². The molecule has 136 valence electrons. The van der Waals surface area contributed by atoms with Crippen LogP contribution in [0.1, 0.15) is 10.4 Å². The van der Waals surface area contributed by atoms with Gasteiger partial charge in [-0.3, -0.25) is 9.59 Å². The van der Waals surface area contributed by atoms with E-state index in [4.69, 9.17) is 0 Å². The molecule has 0 atom stereocenters. The van der Waals surface area contributed by atoms with E-state index in [1.165, 1.54) is 24.3 Å². The van der Waals surface area contributed by atoms with Crippen LogP contribution in [0.5, 0.6) is 0 Å². The standard InChI is InChI=1S/C17H16BrN3O4S/c18-13-4-6-14(7-5-13)20-17(23)12-2-1-3-15(10-12)26(24,25)21-9-8-19-16(22)11-21/h1-7,10H,8-9,11H2,(H,19,22)(H,20,23). The number of anilines is 1. The summed E-state index contributed by atoms with van der Waals surface area (Å²) in [5, 5.41) is 5.30. The molecule has 2 aromatic rings. The van der Waals surface area contributed by atoms with Gasteiger partial charge in [-0.1, -0.05) is 22.0 Å². The van der Waals surface area contributed by atoms with E-state index in [-0.39, 0.29) is 36.0 Å². The third-order valence-corrected chi connectivity index (χ3v) is 6.21. The van der Waals surface area contributed by atoms with Gasteiger partial charge >= 0.3 is 0 Å². The van der Waals surface area contributed by atoms with Crippen LogP contribution in [-0.4, -0.2) is 44.2 Å². The number of piperazine rings is 1. The number of nitrogens with one attached hydrogen (secondary N) is 2. The van der Waals surface area contributed by atoms with Gasteiger partial charge in [0.1, 0.15) is 0 Å². The summed E-state index contributed by atoms with van der Waals surface area (Å²) in [6.07, 6.45) is 0. The Kier molecular flexibility index (Phi) is 5.40. The van der Waals surface area contributed by atoms with Gasteiger partial charge in [0.05, 0.1) is 11.4 Å². The number of carbonyl (C=O) groups excluding carboxylic acids is 2. The largest absolute Gasteiger partial charge is 0.354 e. The van der Waals surface area contributed by atoms with Crippen LogP contribution < -0.4 is 10.6 Å². The second kappa shape index (κ2) is 7.56. The molecule has 1 saturated heterocycles. The molecule has 0 radical (unpaired) electrons. The smallest absolute Gasteiger partial charge is 0.255 e. The lowest BCUT2D eigenvalue weighted by Crippen LogP contribution is -2.49. The van der Waals surface area contributed by atoms with Crippen LogP contribution in [0, 0.1) is 0 Å². The van der Waals surface area contributed by atoms with Gasteiger partial charge in [0, 0.05) is 28.8 Å². The Morgan fingerprint density at radius 1 is 1.15 bits per heavy atom. The predicted molar refractivity (Wildman–Crippen MR) is 100 cm³/mol. The minimum atomic E-state index is -3.84. The zero-order chi connectivity index (χ0) is 18.7. The van der Waals surface area contributed by atoms with E-state index in [9.17, 15) is 18.0 Å². The number of carbonyl (C=O) groups is 2. The van der Waals surface area contributed by atoms with Crippen molar-refractivity contribution in [2.45, 2.75) is 4.90 Å². The highest BCUT2D eigenvalue weighted by Gasteiger charge is 2.29. The molecular formula is C17H16BrN3O4S. The first-order chi connectivity index (χ1) is 12.4. The quantitative estimate of drug-likeness (QED) is 0.762. The molecule has 0 aromatic heterocycles. The molecule has 2 N–H and O–H groups in total. The van der Waals surface area contributed by atoms with Crippen molar-refractivity contribution in [3.8, 4) is 0 Å². The number of nitrogens with zero attached hydrogens (tertiary/aromatic N) is 1. The second-order valence-electron chi connectivity index (χ2n) is 5.68. The summed E-state index contributed by atoms with van der Waals surface area (Å²) < 4.78 is 27.4. The fraction of sp³-hybridized carbons (Fsp3) is 0.176. The zero-order valence-corrected chi connectivity index (χ0v) is 16.0. The highest BCUT2D eigenvalue weighted by atomic mass is 79.9. The zero-order valence-electron chi connectivity index (χ0n) is 13.6. The Bertz CT molecular complexity index is 945. The monoisotopic (exact) mass is 437 g/mol. The molecule has 0 bridgehead atoms. The third-order valence-electron chi connectivity index (χ3n) is 3.84. The van der Waals surface area contributed by atoms with Gasteiger partial charge in [-0.2, -0.15) is 4.31 Å². The predicted octanol–water partition coefficient (Wildman–Crippen LogP) is 1.82. The molecule has 0 aliphatic carbocycles. The average Bonchev–Trinajstić information content (AvgIpc) is 2.63. The maximum atomic E-state index is 12.7. The molecule has 2 amide bonds. The topological polar surface area (TPSA) is 95.6 Å². The van der Waals surface area contributed by atoms with Gasteiger partial charge in [0.15, 0.2) is 0 Å². The number of benzene rings is 2. The summed E-state index contributed by atoms with van der Waals surface area (Å²) >= 11 is 3.32. The van der Waals surface area contributed by atoms with Crippen LogP contribution >= 0.6 is 15.9 Å². The first-order valence-corrected chi connectivity index (χ1v) is 10.0. The van der Waals surface area contributed by atoms with E-state index < -0.39 is 15.9 Å². The van der Waals surface area contributed by atoms with Crippen LogP contribution in [0.25, 0.3) is 0 Å². The molecule has 0 saturated carbocycles. The summed E-state index contributed by atoms with van der Waals surface area (Å²) in [5.74, 6) is -0.760. The fourth-order valence-corrected chi connectivity index (χ4v) is 4.21. The highest BCUT2D eigenvalue weighted by Crippen LogP contribution is 2.19. The average molecular weight is 438 g/mol. The summed E-state index contributed by atoms with van der Waals surface area (Å²) in [7, 11) is -3.84. The van der Waals surface area contributed by atoms with Crippen LogP contribution in [0.15, 0.2) is 57.9 Å². The molecule has 9 heteroatoms. The highest BCUT2D eigenvalue weighted by molar-refractivity contribution is 9.10. The van der Waals surface area contributed by atoms with E-state index in [2.05, 4.69) is 26.6 Å². The molecule has 0 unspecified atom stereocenters. The molecule has 3 rings (SSSR count). The van der Waals surface area contributed by atoms with E-state index in [1.54, 1.807) is 24.3 Å². The minimum Gasteiger partial charge on any atom is -0.354 e. The molecule has 0 spiro atoms. The minimum absolute atomic E-state index is 0.0179. The van der Waals surface area contributed by atoms with Crippen molar-refractivity contribution < 1.29 is 18.0 Å². The van der Waals surface area contributed by atoms with Crippen molar-refractivity contribution in [1.29, 1.82) is 0 Å². The number of rotatable bonds is 4. The summed E-state index contributed by atoms with van der Waals surface area (Å²) in [6.45, 7) is 0.239. The first kappa shape index (κ1) is 18.6. The van der Waals surface area contributed by atoms with Gasteiger partial charge in [0.25, 0.3) is 5.91 Å². The molecular weight excluding hydrogens is 422 g/mol. The van der Waals surface area contributed by atoms with Crippen LogP contribution in [0.4, 0.5) is 5.69 Å². The lowest BCUT2D eigenvalue weighted by Gasteiger charge is -2.26. The molecule has 1 heterocycles. The van der Waals surface area contributed by atoms with E-state index in [1.807, 2.05) is 0 Å². The first-order valence-electron chi connectivity index (χ1n) is 7.80. The van der Waals surface area contributed by atoms with Gasteiger partial charge in [0.2, 0.25) is 15.9 Å². The number of halogens is 1. The fourth-order valence-electron chi connectivity index (χ4n) is 2.50. The summed E-state index contributed by atoms with van der Waals surface area (Å²) in [6, 6.07) is 12.8. The van der Waals surface area contributed by atoms with E-state index in [0.29, 0.717) is 5.69 Å². The lowest BCUT2D eigenvalue weighted by molar-refractivity contribution is -0.122. The van der Waals surface area contributed by atoms with Crippen molar-refractivity contribution in [2.75, 3.05) is 25.0 Å². The maximum Gasteiger partial charge on any atom is 0.255 e. The van der Waals surface area contributed by atoms with Crippen molar-refractivity contribution >= 4 is 43.5 Å². The Morgan fingerprint density at radius 2 is 1.88 bits per heavy atom. The van der Waals surface area contributed by atoms with Gasteiger partial charge in [-0.15, -0.1) is 0 Å². The van der Waals surface area contributed by atoms with Crippen LogP contribution in [0.2, 0.25) is 0 Å². The number of hydrogen-bond acceptors (Lipinski definition) is 4. The molecule has 26 heavy (non-hydrogen) atoms. The normalized spacial score (nSPS) is 15.3. The second-order valence-corrected chi connectivity index (χ2v) is 8.53. The lowest BCUT2D eigenvalue weighted by atomic mass is 10.2. The van der Waals surface area contributed by atoms with Crippen molar-refractivity contribution in [1.82, 2.24) is 9.62 Å². The van der Waals surface area contributed by atoms with Crippen molar-refractivity contribution in [2.24, 2.45) is 0 Å². The maximum absolute atomic E-state index is 12.7. The Labute approximate surface area is 159 Å². The van der Waals surface area contributed by atoms with E-state index >= 15 is 0 Å². The van der Waals surface area contributed by atoms with Crippen molar-refractivity contribution in [3.05, 3.63) is 58.6 Å².